The largest absolute Gasteiger partial charge is 0.384 e. The normalized spacial score (nSPS) is 9.79. The number of amides is 2. The Hall–Kier alpha value is -2.11. The van der Waals surface area contributed by atoms with E-state index in [1.165, 1.54) is 13.1 Å². The van der Waals surface area contributed by atoms with Crippen LogP contribution < -0.4 is 16.0 Å². The number of nitrogens with zero attached hydrogens (tertiary/aromatic N) is 1. The van der Waals surface area contributed by atoms with Crippen LogP contribution in [0.4, 0.5) is 5.69 Å². The molecule has 0 bridgehead atoms. The zero-order chi connectivity index (χ0) is 14.1. The van der Waals surface area contributed by atoms with Gasteiger partial charge in [-0.2, -0.15) is 0 Å². The fraction of sp³-hybridized carbons (Fsp3) is 0.462. The van der Waals surface area contributed by atoms with Crippen molar-refractivity contribution in [2.75, 3.05) is 25.0 Å². The minimum atomic E-state index is -0.197. The molecule has 1 rings (SSSR count). The number of anilines is 1. The van der Waals surface area contributed by atoms with Crippen molar-refractivity contribution < 1.29 is 9.59 Å². The highest BCUT2D eigenvalue weighted by Crippen LogP contribution is 2.13. The zero-order valence-corrected chi connectivity index (χ0v) is 11.3. The van der Waals surface area contributed by atoms with Gasteiger partial charge in [0, 0.05) is 39.0 Å². The maximum Gasteiger partial charge on any atom is 0.255 e. The van der Waals surface area contributed by atoms with E-state index in [1.807, 2.05) is 0 Å². The predicted molar refractivity (Wildman–Crippen MR) is 74.0 cm³/mol. The lowest BCUT2D eigenvalue weighted by Gasteiger charge is -2.11. The third-order valence-electron chi connectivity index (χ3n) is 2.42. The van der Waals surface area contributed by atoms with Crippen LogP contribution in [0.3, 0.4) is 0 Å². The van der Waals surface area contributed by atoms with Crippen LogP contribution >= 0.6 is 0 Å². The molecule has 1 aromatic rings. The molecule has 0 radical (unpaired) electrons. The number of carbonyl (C=O) groups excluding carboxylic acids is 2. The molecule has 1 aromatic heterocycles. The van der Waals surface area contributed by atoms with E-state index < -0.39 is 0 Å². The van der Waals surface area contributed by atoms with Gasteiger partial charge in [-0.1, -0.05) is 6.92 Å². The van der Waals surface area contributed by atoms with Gasteiger partial charge >= 0.3 is 0 Å². The summed E-state index contributed by atoms with van der Waals surface area (Å²) < 4.78 is 0. The van der Waals surface area contributed by atoms with Crippen LogP contribution in [-0.2, 0) is 4.79 Å². The van der Waals surface area contributed by atoms with Gasteiger partial charge in [-0.05, 0) is 12.5 Å². The Morgan fingerprint density at radius 1 is 1.21 bits per heavy atom. The van der Waals surface area contributed by atoms with Gasteiger partial charge in [0.05, 0.1) is 11.3 Å². The molecule has 104 valence electrons. The average Bonchev–Trinajstić information content (AvgIpc) is 2.41. The van der Waals surface area contributed by atoms with Crippen LogP contribution in [0.2, 0.25) is 0 Å². The molecule has 1 heterocycles. The van der Waals surface area contributed by atoms with Crippen molar-refractivity contribution in [3.63, 3.8) is 0 Å². The Balaban J connectivity index is 2.53. The number of aromatic nitrogens is 1. The van der Waals surface area contributed by atoms with E-state index in [4.69, 9.17) is 0 Å². The van der Waals surface area contributed by atoms with Crippen LogP contribution in [-0.4, -0.2) is 36.4 Å². The molecular formula is C13H20N4O2. The van der Waals surface area contributed by atoms with E-state index in [0.29, 0.717) is 18.7 Å². The molecule has 0 fully saturated rings. The molecular weight excluding hydrogens is 244 g/mol. The highest BCUT2D eigenvalue weighted by atomic mass is 16.2. The first-order valence-electron chi connectivity index (χ1n) is 6.35. The fourth-order valence-electron chi connectivity index (χ4n) is 1.50. The topological polar surface area (TPSA) is 83.1 Å². The van der Waals surface area contributed by atoms with Crippen LogP contribution in [0.5, 0.6) is 0 Å². The summed E-state index contributed by atoms with van der Waals surface area (Å²) in [4.78, 5) is 26.6. The van der Waals surface area contributed by atoms with Crippen molar-refractivity contribution in [1.82, 2.24) is 15.6 Å². The number of hydrogen-bond donors (Lipinski definition) is 3. The maximum atomic E-state index is 12.0. The molecule has 6 heteroatoms. The van der Waals surface area contributed by atoms with E-state index in [-0.39, 0.29) is 11.8 Å². The lowest BCUT2D eigenvalue weighted by molar-refractivity contribution is -0.118. The Morgan fingerprint density at radius 2 is 1.95 bits per heavy atom. The summed E-state index contributed by atoms with van der Waals surface area (Å²) in [6.07, 6.45) is 4.16. The minimum Gasteiger partial charge on any atom is -0.384 e. The summed E-state index contributed by atoms with van der Waals surface area (Å²) in [7, 11) is 0. The highest BCUT2D eigenvalue weighted by Gasteiger charge is 2.10. The highest BCUT2D eigenvalue weighted by molar-refractivity contribution is 5.99. The smallest absolute Gasteiger partial charge is 0.255 e. The first-order chi connectivity index (χ1) is 9.15. The summed E-state index contributed by atoms with van der Waals surface area (Å²) in [5, 5.41) is 8.54. The van der Waals surface area contributed by atoms with E-state index in [0.717, 1.165) is 18.7 Å². The SMILES string of the molecule is CCCNc1ccncc1C(=O)NCCNC(C)=O. The summed E-state index contributed by atoms with van der Waals surface area (Å²) in [6.45, 7) is 5.10. The van der Waals surface area contributed by atoms with Crippen molar-refractivity contribution in [3.8, 4) is 0 Å². The van der Waals surface area contributed by atoms with Gasteiger partial charge in [-0.3, -0.25) is 14.6 Å². The number of rotatable bonds is 7. The van der Waals surface area contributed by atoms with Gasteiger partial charge in [0.2, 0.25) is 5.91 Å². The molecule has 6 nitrogen and oxygen atoms in total. The van der Waals surface area contributed by atoms with E-state index in [9.17, 15) is 9.59 Å². The minimum absolute atomic E-state index is 0.110. The Labute approximate surface area is 113 Å². The molecule has 0 atom stereocenters. The molecule has 0 unspecified atom stereocenters. The standard InChI is InChI=1S/C13H20N4O2/c1-3-5-16-12-4-6-14-9-11(12)13(19)17-8-7-15-10(2)18/h4,6,9H,3,5,7-8H2,1-2H3,(H,14,16)(H,15,18)(H,17,19). The van der Waals surface area contributed by atoms with Gasteiger partial charge in [-0.25, -0.2) is 0 Å². The van der Waals surface area contributed by atoms with Crippen molar-refractivity contribution in [1.29, 1.82) is 0 Å². The summed E-state index contributed by atoms with van der Waals surface area (Å²) in [5.41, 5.74) is 1.28. The Bertz CT molecular complexity index is 434. The van der Waals surface area contributed by atoms with Crippen LogP contribution in [0.25, 0.3) is 0 Å². The van der Waals surface area contributed by atoms with Gasteiger partial charge < -0.3 is 16.0 Å². The fourth-order valence-corrected chi connectivity index (χ4v) is 1.50. The molecule has 0 aromatic carbocycles. The zero-order valence-electron chi connectivity index (χ0n) is 11.3. The first-order valence-corrected chi connectivity index (χ1v) is 6.35. The Morgan fingerprint density at radius 3 is 2.63 bits per heavy atom. The summed E-state index contributed by atoms with van der Waals surface area (Å²) >= 11 is 0. The van der Waals surface area contributed by atoms with Crippen LogP contribution in [0.1, 0.15) is 30.6 Å². The number of carbonyl (C=O) groups is 2. The second-order valence-electron chi connectivity index (χ2n) is 4.09. The van der Waals surface area contributed by atoms with Crippen molar-refractivity contribution in [2.24, 2.45) is 0 Å². The second kappa shape index (κ2) is 8.07. The van der Waals surface area contributed by atoms with Gasteiger partial charge in [-0.15, -0.1) is 0 Å². The number of nitrogens with one attached hydrogen (secondary N) is 3. The third kappa shape index (κ3) is 5.37. The average molecular weight is 264 g/mol. The lowest BCUT2D eigenvalue weighted by Crippen LogP contribution is -2.34. The number of hydrogen-bond acceptors (Lipinski definition) is 4. The molecule has 0 aliphatic heterocycles. The van der Waals surface area contributed by atoms with Crippen molar-refractivity contribution >= 4 is 17.5 Å². The van der Waals surface area contributed by atoms with Crippen molar-refractivity contribution in [3.05, 3.63) is 24.0 Å². The predicted octanol–water partition coefficient (Wildman–Crippen LogP) is 0.769. The van der Waals surface area contributed by atoms with E-state index in [2.05, 4.69) is 27.9 Å². The molecule has 2 amide bonds. The quantitative estimate of drug-likeness (QED) is 0.635. The monoisotopic (exact) mass is 264 g/mol. The van der Waals surface area contributed by atoms with Crippen LogP contribution in [0, 0.1) is 0 Å². The van der Waals surface area contributed by atoms with Crippen molar-refractivity contribution in [2.45, 2.75) is 20.3 Å². The molecule has 19 heavy (non-hydrogen) atoms. The van der Waals surface area contributed by atoms with E-state index >= 15 is 0 Å². The van der Waals surface area contributed by atoms with Gasteiger partial charge in [0.25, 0.3) is 5.91 Å². The molecule has 3 N–H and O–H groups in total. The molecule has 0 spiro atoms. The Kier molecular flexibility index (Phi) is 6.35. The van der Waals surface area contributed by atoms with Crippen LogP contribution in [0.15, 0.2) is 18.5 Å². The molecule has 0 saturated carbocycles. The first kappa shape index (κ1) is 14.9. The molecule has 0 aliphatic carbocycles. The summed E-state index contributed by atoms with van der Waals surface area (Å²) in [6, 6.07) is 1.78. The summed E-state index contributed by atoms with van der Waals surface area (Å²) in [5.74, 6) is -0.307. The van der Waals surface area contributed by atoms with E-state index in [1.54, 1.807) is 12.3 Å². The third-order valence-corrected chi connectivity index (χ3v) is 2.42. The molecule has 0 saturated heterocycles. The van der Waals surface area contributed by atoms with Gasteiger partial charge in [0.15, 0.2) is 0 Å². The number of pyridine rings is 1. The van der Waals surface area contributed by atoms with Gasteiger partial charge in [0.1, 0.15) is 0 Å². The lowest BCUT2D eigenvalue weighted by atomic mass is 10.2. The maximum absolute atomic E-state index is 12.0. The molecule has 0 aliphatic rings. The second-order valence-corrected chi connectivity index (χ2v) is 4.09.